The maximum atomic E-state index is 12.6. The highest BCUT2D eigenvalue weighted by atomic mass is 32.1. The van der Waals surface area contributed by atoms with Crippen molar-refractivity contribution in [3.8, 4) is 0 Å². The number of ether oxygens (including phenoxy) is 2. The maximum absolute atomic E-state index is 12.6. The number of hydrogen-bond donors (Lipinski definition) is 1. The topological polar surface area (TPSA) is 67.9 Å². The third-order valence-corrected chi connectivity index (χ3v) is 5.09. The fourth-order valence-electron chi connectivity index (χ4n) is 3.18. The molecule has 6 nitrogen and oxygen atoms in total. The molecule has 0 spiro atoms. The quantitative estimate of drug-likeness (QED) is 0.811. The molecule has 0 unspecified atom stereocenters. The van der Waals surface area contributed by atoms with E-state index in [9.17, 15) is 9.59 Å². The van der Waals surface area contributed by atoms with Gasteiger partial charge in [-0.3, -0.25) is 9.59 Å². The Labute approximate surface area is 133 Å². The van der Waals surface area contributed by atoms with Crippen molar-refractivity contribution in [3.63, 3.8) is 0 Å². The molecule has 2 fully saturated rings. The fraction of sp³-hybridized carbons (Fsp3) is 0.600. The van der Waals surface area contributed by atoms with Gasteiger partial charge in [0.2, 0.25) is 5.91 Å². The Morgan fingerprint density at radius 2 is 2.41 bits per heavy atom. The second-order valence-electron chi connectivity index (χ2n) is 5.52. The molecule has 0 saturated carbocycles. The van der Waals surface area contributed by atoms with Gasteiger partial charge in [0.1, 0.15) is 0 Å². The molecule has 1 N–H and O–H groups in total. The van der Waals surface area contributed by atoms with Crippen molar-refractivity contribution < 1.29 is 19.1 Å². The first-order chi connectivity index (χ1) is 10.7. The minimum atomic E-state index is -0.298. The monoisotopic (exact) mass is 324 g/mol. The molecule has 1 aromatic heterocycles. The number of likely N-dealkylation sites (tertiary alicyclic amines) is 1. The van der Waals surface area contributed by atoms with E-state index in [0.29, 0.717) is 31.2 Å². The van der Waals surface area contributed by atoms with Gasteiger partial charge < -0.3 is 19.7 Å². The molecule has 3 atom stereocenters. The Bertz CT molecular complexity index is 534. The van der Waals surface area contributed by atoms with Crippen molar-refractivity contribution >= 4 is 23.2 Å². The molecule has 2 saturated heterocycles. The van der Waals surface area contributed by atoms with Crippen LogP contribution in [0.4, 0.5) is 0 Å². The summed E-state index contributed by atoms with van der Waals surface area (Å²) in [6, 6.07) is 3.70. The third kappa shape index (κ3) is 2.88. The number of hydrogen-bond acceptors (Lipinski definition) is 5. The summed E-state index contributed by atoms with van der Waals surface area (Å²) in [5, 5.41) is 4.74. The lowest BCUT2D eigenvalue weighted by Gasteiger charge is -2.21. The number of nitrogens with one attached hydrogen (secondary N) is 1. The standard InChI is InChI=1S/C15H20N2O4S/c1-20-7-5-16-14(18)10-9-17(11-4-6-21-13(10)11)15(19)12-3-2-8-22-12/h2-3,8,10-11,13H,4-7,9H2,1H3,(H,16,18)/t10-,11+,13+/m0/s1. The summed E-state index contributed by atoms with van der Waals surface area (Å²) in [6.45, 7) is 1.98. The lowest BCUT2D eigenvalue weighted by Crippen LogP contribution is -2.39. The highest BCUT2D eigenvalue weighted by Gasteiger charge is 2.50. The van der Waals surface area contributed by atoms with Crippen molar-refractivity contribution in [3.05, 3.63) is 22.4 Å². The van der Waals surface area contributed by atoms with Crippen LogP contribution in [0.3, 0.4) is 0 Å². The Balaban J connectivity index is 1.69. The Hall–Kier alpha value is -1.44. The molecule has 3 heterocycles. The van der Waals surface area contributed by atoms with Crippen molar-refractivity contribution in [1.82, 2.24) is 10.2 Å². The first kappa shape index (κ1) is 15.5. The molecular formula is C15H20N2O4S. The van der Waals surface area contributed by atoms with Crippen LogP contribution in [-0.2, 0) is 14.3 Å². The average molecular weight is 324 g/mol. The molecule has 22 heavy (non-hydrogen) atoms. The van der Waals surface area contributed by atoms with Crippen molar-refractivity contribution in [2.75, 3.05) is 33.4 Å². The van der Waals surface area contributed by atoms with Gasteiger partial charge in [0.25, 0.3) is 5.91 Å². The van der Waals surface area contributed by atoms with Crippen LogP contribution in [0, 0.1) is 5.92 Å². The van der Waals surface area contributed by atoms with Gasteiger partial charge in [-0.1, -0.05) is 6.07 Å². The molecule has 2 aliphatic rings. The van der Waals surface area contributed by atoms with Gasteiger partial charge in [0.15, 0.2) is 0 Å². The number of amides is 2. The van der Waals surface area contributed by atoms with Gasteiger partial charge in [0.05, 0.1) is 29.5 Å². The molecule has 2 amide bonds. The Morgan fingerprint density at radius 1 is 1.55 bits per heavy atom. The van der Waals surface area contributed by atoms with Crippen molar-refractivity contribution in [2.45, 2.75) is 18.6 Å². The van der Waals surface area contributed by atoms with E-state index in [-0.39, 0.29) is 29.9 Å². The van der Waals surface area contributed by atoms with E-state index in [4.69, 9.17) is 9.47 Å². The molecule has 3 rings (SSSR count). The van der Waals surface area contributed by atoms with E-state index >= 15 is 0 Å². The van der Waals surface area contributed by atoms with E-state index in [1.165, 1.54) is 11.3 Å². The van der Waals surface area contributed by atoms with Crippen molar-refractivity contribution in [2.24, 2.45) is 5.92 Å². The van der Waals surface area contributed by atoms with Crippen LogP contribution in [0.15, 0.2) is 17.5 Å². The summed E-state index contributed by atoms with van der Waals surface area (Å²) < 4.78 is 10.7. The van der Waals surface area contributed by atoms with Crippen molar-refractivity contribution in [1.29, 1.82) is 0 Å². The summed E-state index contributed by atoms with van der Waals surface area (Å²) in [4.78, 5) is 27.5. The number of rotatable bonds is 5. The molecule has 2 aliphatic heterocycles. The Morgan fingerprint density at radius 3 is 3.14 bits per heavy atom. The van der Waals surface area contributed by atoms with E-state index in [2.05, 4.69) is 5.32 Å². The first-order valence-corrected chi connectivity index (χ1v) is 8.33. The minimum absolute atomic E-state index is 0.00249. The second-order valence-corrected chi connectivity index (χ2v) is 6.46. The highest BCUT2D eigenvalue weighted by molar-refractivity contribution is 7.12. The summed E-state index contributed by atoms with van der Waals surface area (Å²) in [5.74, 6) is -0.355. The van der Waals surface area contributed by atoms with E-state index < -0.39 is 0 Å². The molecule has 0 radical (unpaired) electrons. The van der Waals surface area contributed by atoms with Gasteiger partial charge in [0, 0.05) is 26.8 Å². The van der Waals surface area contributed by atoms with E-state index in [0.717, 1.165) is 6.42 Å². The van der Waals surface area contributed by atoms with Crippen LogP contribution in [0.5, 0.6) is 0 Å². The van der Waals surface area contributed by atoms with Crippen LogP contribution in [0.25, 0.3) is 0 Å². The SMILES string of the molecule is COCCNC(=O)[C@H]1CN(C(=O)c2cccs2)[C@@H]2CCO[C@H]12. The highest BCUT2D eigenvalue weighted by Crippen LogP contribution is 2.35. The number of thiophene rings is 1. The number of methoxy groups -OCH3 is 1. The molecular weight excluding hydrogens is 304 g/mol. The lowest BCUT2D eigenvalue weighted by molar-refractivity contribution is -0.127. The summed E-state index contributed by atoms with van der Waals surface area (Å²) in [7, 11) is 1.60. The predicted molar refractivity (Wildman–Crippen MR) is 81.9 cm³/mol. The van der Waals surface area contributed by atoms with Gasteiger partial charge in [-0.15, -0.1) is 11.3 Å². The smallest absolute Gasteiger partial charge is 0.264 e. The zero-order valence-electron chi connectivity index (χ0n) is 12.5. The fourth-order valence-corrected chi connectivity index (χ4v) is 3.86. The predicted octanol–water partition coefficient (Wildman–Crippen LogP) is 0.740. The van der Waals surface area contributed by atoms with Gasteiger partial charge in [-0.2, -0.15) is 0 Å². The normalized spacial score (nSPS) is 27.0. The largest absolute Gasteiger partial charge is 0.383 e. The minimum Gasteiger partial charge on any atom is -0.383 e. The van der Waals surface area contributed by atoms with E-state index in [1.807, 2.05) is 22.4 Å². The lowest BCUT2D eigenvalue weighted by atomic mass is 10.0. The summed E-state index contributed by atoms with van der Waals surface area (Å²) in [5.41, 5.74) is 0. The van der Waals surface area contributed by atoms with Crippen LogP contribution in [0.2, 0.25) is 0 Å². The number of fused-ring (bicyclic) bond motifs is 1. The first-order valence-electron chi connectivity index (χ1n) is 7.45. The van der Waals surface area contributed by atoms with Crippen LogP contribution < -0.4 is 5.32 Å². The zero-order chi connectivity index (χ0) is 15.5. The van der Waals surface area contributed by atoms with E-state index in [1.54, 1.807) is 7.11 Å². The number of nitrogens with zero attached hydrogens (tertiary/aromatic N) is 1. The molecule has 1 aromatic rings. The number of carbonyl (C=O) groups excluding carboxylic acids is 2. The molecule has 7 heteroatoms. The summed E-state index contributed by atoms with van der Waals surface area (Å²) >= 11 is 1.43. The second kappa shape index (κ2) is 6.76. The van der Waals surface area contributed by atoms with Gasteiger partial charge in [-0.25, -0.2) is 0 Å². The number of carbonyl (C=O) groups is 2. The zero-order valence-corrected chi connectivity index (χ0v) is 13.3. The molecule has 0 aromatic carbocycles. The molecule has 0 bridgehead atoms. The van der Waals surface area contributed by atoms with Crippen LogP contribution in [-0.4, -0.2) is 62.3 Å². The average Bonchev–Trinajstić information content (AvgIpc) is 3.23. The van der Waals surface area contributed by atoms with Gasteiger partial charge >= 0.3 is 0 Å². The van der Waals surface area contributed by atoms with Crippen LogP contribution in [0.1, 0.15) is 16.1 Å². The maximum Gasteiger partial charge on any atom is 0.264 e. The molecule has 0 aliphatic carbocycles. The van der Waals surface area contributed by atoms with Crippen LogP contribution >= 0.6 is 11.3 Å². The summed E-state index contributed by atoms with van der Waals surface area (Å²) in [6.07, 6.45) is 0.607. The molecule has 120 valence electrons. The Kier molecular flexibility index (Phi) is 4.75. The van der Waals surface area contributed by atoms with Gasteiger partial charge in [-0.05, 0) is 17.9 Å². The third-order valence-electron chi connectivity index (χ3n) is 4.23.